The Kier molecular flexibility index (Phi) is 67.9. The number of aliphatic hydroxyl groups excluding tert-OH is 2. The summed E-state index contributed by atoms with van der Waals surface area (Å²) in [4.78, 5) is 24.6. The Balaban J connectivity index is 3.35. The van der Waals surface area contributed by atoms with E-state index in [1.807, 2.05) is 6.08 Å². The maximum atomic E-state index is 12.5. The fourth-order valence-electron chi connectivity index (χ4n) is 11.4. The van der Waals surface area contributed by atoms with Gasteiger partial charge in [0.15, 0.2) is 0 Å². The zero-order valence-corrected chi connectivity index (χ0v) is 54.1. The molecular weight excluding hydrogens is 983 g/mol. The topological polar surface area (TPSA) is 95.9 Å². The first-order valence-electron chi connectivity index (χ1n) is 36.3. The zero-order valence-electron chi connectivity index (χ0n) is 54.1. The van der Waals surface area contributed by atoms with E-state index in [-0.39, 0.29) is 18.5 Å². The molecule has 0 heterocycles. The number of carbonyl (C=O) groups excluding carboxylic acids is 2. The minimum atomic E-state index is -0.842. The lowest BCUT2D eigenvalue weighted by Crippen LogP contribution is -2.45. The third-order valence-corrected chi connectivity index (χ3v) is 16.9. The Morgan fingerprint density at radius 2 is 0.625 bits per heavy atom. The van der Waals surface area contributed by atoms with E-state index >= 15 is 0 Å². The molecule has 0 fully saturated rings. The summed E-state index contributed by atoms with van der Waals surface area (Å²) < 4.78 is 5.49. The average molecular weight is 1120 g/mol. The minimum Gasteiger partial charge on any atom is -0.466 e. The number of amides is 1. The molecule has 6 heteroatoms. The van der Waals surface area contributed by atoms with Crippen molar-refractivity contribution in [3.63, 3.8) is 0 Å². The van der Waals surface area contributed by atoms with Gasteiger partial charge in [-0.15, -0.1) is 0 Å². The van der Waals surface area contributed by atoms with Gasteiger partial charge in [0, 0.05) is 12.8 Å². The molecule has 0 radical (unpaired) electrons. The largest absolute Gasteiger partial charge is 0.466 e. The van der Waals surface area contributed by atoms with Gasteiger partial charge < -0.3 is 20.3 Å². The Bertz CT molecular complexity index is 1300. The molecule has 472 valence electrons. The normalized spacial score (nSPS) is 12.7. The fraction of sp³-hybridized carbons (Fsp3) is 0.892. The summed E-state index contributed by atoms with van der Waals surface area (Å²) in [7, 11) is 0. The predicted octanol–water partition coefficient (Wildman–Crippen LogP) is 23.5. The van der Waals surface area contributed by atoms with Crippen LogP contribution >= 0.6 is 0 Å². The van der Waals surface area contributed by atoms with E-state index in [2.05, 4.69) is 43.5 Å². The minimum absolute atomic E-state index is 0.00672. The van der Waals surface area contributed by atoms with Crippen LogP contribution in [-0.4, -0.2) is 47.4 Å². The van der Waals surface area contributed by atoms with Crippen molar-refractivity contribution in [1.29, 1.82) is 0 Å². The number of unbranched alkanes of at least 4 members (excludes halogenated alkanes) is 53. The highest BCUT2D eigenvalue weighted by Gasteiger charge is 2.18. The van der Waals surface area contributed by atoms with Crippen molar-refractivity contribution in [3.8, 4) is 0 Å². The van der Waals surface area contributed by atoms with Gasteiger partial charge in [0.2, 0.25) is 5.91 Å². The molecule has 80 heavy (non-hydrogen) atoms. The molecule has 0 rings (SSSR count). The van der Waals surface area contributed by atoms with Gasteiger partial charge in [-0.25, -0.2) is 0 Å². The summed E-state index contributed by atoms with van der Waals surface area (Å²) in [5, 5.41) is 23.2. The first kappa shape index (κ1) is 78.1. The number of esters is 1. The van der Waals surface area contributed by atoms with Crippen molar-refractivity contribution >= 4 is 11.9 Å². The van der Waals surface area contributed by atoms with Crippen LogP contribution in [0.2, 0.25) is 0 Å². The van der Waals surface area contributed by atoms with Gasteiger partial charge in [0.25, 0.3) is 0 Å². The molecule has 6 nitrogen and oxygen atoms in total. The fourth-order valence-corrected chi connectivity index (χ4v) is 11.4. The second-order valence-corrected chi connectivity index (χ2v) is 24.9. The van der Waals surface area contributed by atoms with Crippen LogP contribution in [-0.2, 0) is 14.3 Å². The summed E-state index contributed by atoms with van der Waals surface area (Å²) in [6.07, 6.45) is 89.5. The predicted molar refractivity (Wildman–Crippen MR) is 352 cm³/mol. The van der Waals surface area contributed by atoms with E-state index in [0.29, 0.717) is 19.4 Å². The monoisotopic (exact) mass is 1120 g/mol. The first-order valence-corrected chi connectivity index (χ1v) is 36.3. The van der Waals surface area contributed by atoms with Crippen LogP contribution in [0.25, 0.3) is 0 Å². The third-order valence-electron chi connectivity index (χ3n) is 16.9. The van der Waals surface area contributed by atoms with Gasteiger partial charge in [-0.1, -0.05) is 359 Å². The Hall–Kier alpha value is -1.92. The van der Waals surface area contributed by atoms with Crippen LogP contribution in [0, 0.1) is 0 Å². The molecule has 0 aliphatic rings. The molecule has 0 aromatic heterocycles. The van der Waals surface area contributed by atoms with Gasteiger partial charge in [0.1, 0.15) is 0 Å². The van der Waals surface area contributed by atoms with Gasteiger partial charge in [-0.05, 0) is 64.2 Å². The number of hydrogen-bond acceptors (Lipinski definition) is 5. The Morgan fingerprint density at radius 3 is 0.963 bits per heavy atom. The zero-order chi connectivity index (χ0) is 57.8. The van der Waals surface area contributed by atoms with E-state index in [0.717, 1.165) is 51.4 Å². The number of ether oxygens (including phenoxy) is 1. The first-order chi connectivity index (χ1) is 39.5. The lowest BCUT2D eigenvalue weighted by molar-refractivity contribution is -0.143. The quantitative estimate of drug-likeness (QED) is 0.0320. The molecule has 2 atom stereocenters. The number of aliphatic hydroxyl groups is 2. The van der Waals surface area contributed by atoms with Gasteiger partial charge in [-0.3, -0.25) is 9.59 Å². The number of allylic oxidation sites excluding steroid dienone is 5. The molecule has 2 unspecified atom stereocenters. The maximum absolute atomic E-state index is 12.5. The molecule has 0 aromatic carbocycles. The molecule has 0 spiro atoms. The number of carbonyl (C=O) groups is 2. The molecule has 0 saturated heterocycles. The summed E-state index contributed by atoms with van der Waals surface area (Å²) >= 11 is 0. The van der Waals surface area contributed by atoms with Crippen LogP contribution in [0.3, 0.4) is 0 Å². The molecule has 1 amide bonds. The lowest BCUT2D eigenvalue weighted by Gasteiger charge is -2.20. The van der Waals surface area contributed by atoms with Crippen LogP contribution in [0.1, 0.15) is 399 Å². The van der Waals surface area contributed by atoms with Crippen LogP contribution in [0.5, 0.6) is 0 Å². The summed E-state index contributed by atoms with van der Waals surface area (Å²) in [5.74, 6) is -0.0545. The van der Waals surface area contributed by atoms with Crippen LogP contribution < -0.4 is 5.32 Å². The number of nitrogens with one attached hydrogen (secondary N) is 1. The summed E-state index contributed by atoms with van der Waals surface area (Å²) in [6.45, 7) is 4.92. The highest BCUT2D eigenvalue weighted by atomic mass is 16.5. The molecule has 0 aliphatic carbocycles. The van der Waals surface area contributed by atoms with Crippen molar-refractivity contribution in [3.05, 3.63) is 36.5 Å². The SMILES string of the molecule is CCCCCC/C=C\C/C=C\CCCCCCCC(=O)OCCCCCCCCCCCCCCCCCCCCCCCCCCCCCCCCC(=O)NC(CO)C(O)/C=C/CCCCCCCCCCCCCCCCC. The van der Waals surface area contributed by atoms with Crippen molar-refractivity contribution in [1.82, 2.24) is 5.32 Å². The molecule has 0 aliphatic heterocycles. The highest BCUT2D eigenvalue weighted by molar-refractivity contribution is 5.76. The molecule has 0 bridgehead atoms. The van der Waals surface area contributed by atoms with Gasteiger partial charge in [0.05, 0.1) is 25.4 Å². The standard InChI is InChI=1S/C74H141NO5/c1-3-5-7-9-11-13-15-17-19-35-38-42-46-50-54-58-62-66-72(77)71(70-76)75-73(78)67-63-59-55-51-47-43-39-36-33-31-29-27-25-23-21-22-24-26-28-30-32-34-37-41-45-49-53-57-61-65-69-80-74(79)68-64-60-56-52-48-44-40-20-18-16-14-12-10-8-6-4-2/h14,16,20,40,62,66,71-72,76-77H,3-13,15,17-19,21-39,41-61,63-65,67-70H2,1-2H3,(H,75,78)/b16-14-,40-20-,66-62+. The van der Waals surface area contributed by atoms with Crippen molar-refractivity contribution in [2.24, 2.45) is 0 Å². The third kappa shape index (κ3) is 65.2. The van der Waals surface area contributed by atoms with E-state index in [4.69, 9.17) is 4.74 Å². The van der Waals surface area contributed by atoms with Gasteiger partial charge in [-0.2, -0.15) is 0 Å². The average Bonchev–Trinajstić information content (AvgIpc) is 3.46. The second-order valence-electron chi connectivity index (χ2n) is 24.9. The maximum Gasteiger partial charge on any atom is 0.305 e. The smallest absolute Gasteiger partial charge is 0.305 e. The lowest BCUT2D eigenvalue weighted by atomic mass is 10.0. The van der Waals surface area contributed by atoms with Crippen molar-refractivity contribution in [2.75, 3.05) is 13.2 Å². The van der Waals surface area contributed by atoms with Crippen molar-refractivity contribution < 1.29 is 24.5 Å². The van der Waals surface area contributed by atoms with Crippen LogP contribution in [0.15, 0.2) is 36.5 Å². The Morgan fingerprint density at radius 1 is 0.350 bits per heavy atom. The van der Waals surface area contributed by atoms with Gasteiger partial charge >= 0.3 is 5.97 Å². The molecule has 0 saturated carbocycles. The molecule has 0 aromatic rings. The molecule has 3 N–H and O–H groups in total. The van der Waals surface area contributed by atoms with Crippen molar-refractivity contribution in [2.45, 2.75) is 411 Å². The summed E-state index contributed by atoms with van der Waals surface area (Å²) in [6, 6.07) is -0.625. The highest BCUT2D eigenvalue weighted by Crippen LogP contribution is 2.19. The number of hydrogen-bond donors (Lipinski definition) is 3. The molecular formula is C74H141NO5. The van der Waals surface area contributed by atoms with E-state index in [1.54, 1.807) is 6.08 Å². The second kappa shape index (κ2) is 69.6. The van der Waals surface area contributed by atoms with E-state index < -0.39 is 12.1 Å². The van der Waals surface area contributed by atoms with E-state index in [1.165, 1.54) is 321 Å². The van der Waals surface area contributed by atoms with E-state index in [9.17, 15) is 19.8 Å². The number of rotatable bonds is 68. The Labute approximate surface area is 500 Å². The van der Waals surface area contributed by atoms with Crippen LogP contribution in [0.4, 0.5) is 0 Å². The summed E-state index contributed by atoms with van der Waals surface area (Å²) in [5.41, 5.74) is 0.